The smallest absolute Gasteiger partial charge is 0.225 e. The third-order valence-electron chi connectivity index (χ3n) is 5.48. The van der Waals surface area contributed by atoms with Crippen molar-refractivity contribution in [3.8, 4) is 11.5 Å². The average molecular weight is 418 g/mol. The van der Waals surface area contributed by atoms with Gasteiger partial charge in [0.15, 0.2) is 11.5 Å². The van der Waals surface area contributed by atoms with Crippen LogP contribution in [0.2, 0.25) is 0 Å². The molecule has 2 N–H and O–H groups in total. The van der Waals surface area contributed by atoms with Gasteiger partial charge in [0.05, 0.1) is 5.92 Å². The predicted octanol–water partition coefficient (Wildman–Crippen LogP) is 1.77. The van der Waals surface area contributed by atoms with Crippen LogP contribution in [0, 0.1) is 18.8 Å². The molecule has 1 unspecified atom stereocenters. The highest BCUT2D eigenvalue weighted by Crippen LogP contribution is 2.34. The van der Waals surface area contributed by atoms with Gasteiger partial charge in [0, 0.05) is 32.7 Å². The van der Waals surface area contributed by atoms with Crippen molar-refractivity contribution in [1.29, 1.82) is 0 Å². The lowest BCUT2D eigenvalue weighted by atomic mass is 10.0. The fourth-order valence-electron chi connectivity index (χ4n) is 3.73. The summed E-state index contributed by atoms with van der Waals surface area (Å²) in [6, 6.07) is 4.22. The van der Waals surface area contributed by atoms with E-state index < -0.39 is 0 Å². The fraction of sp³-hybridized carbons (Fsp3) is 0.632. The Morgan fingerprint density at radius 2 is 1.93 bits per heavy atom. The Bertz CT molecular complexity index is 655. The number of halogens is 2. The molecular weight excluding hydrogens is 389 g/mol. The van der Waals surface area contributed by atoms with E-state index in [0.717, 1.165) is 57.2 Å². The zero-order chi connectivity index (χ0) is 17.2. The maximum absolute atomic E-state index is 11.9. The molecule has 2 fully saturated rings. The third kappa shape index (κ3) is 5.19. The molecule has 0 aromatic heterocycles. The summed E-state index contributed by atoms with van der Waals surface area (Å²) in [5, 5.41) is 6.26. The summed E-state index contributed by atoms with van der Waals surface area (Å²) in [5.41, 5.74) is 2.55. The number of carbonyl (C=O) groups excluding carboxylic acids is 1. The molecule has 0 spiro atoms. The van der Waals surface area contributed by atoms with Crippen molar-refractivity contribution in [2.45, 2.75) is 19.9 Å². The zero-order valence-corrected chi connectivity index (χ0v) is 17.3. The minimum atomic E-state index is 0. The normalized spacial score (nSPS) is 21.6. The number of hydrogen-bond donors (Lipinski definition) is 2. The first kappa shape index (κ1) is 22.1. The van der Waals surface area contributed by atoms with Crippen molar-refractivity contribution in [2.75, 3.05) is 45.9 Å². The molecule has 3 aliphatic rings. The number of carbonyl (C=O) groups is 1. The van der Waals surface area contributed by atoms with Gasteiger partial charge in [-0.25, -0.2) is 0 Å². The maximum atomic E-state index is 11.9. The van der Waals surface area contributed by atoms with Crippen LogP contribution in [0.25, 0.3) is 0 Å². The molecule has 0 bridgehead atoms. The molecule has 6 nitrogen and oxygen atoms in total. The van der Waals surface area contributed by atoms with Crippen molar-refractivity contribution in [2.24, 2.45) is 11.8 Å². The second-order valence-electron chi connectivity index (χ2n) is 7.41. The van der Waals surface area contributed by atoms with Crippen LogP contribution in [0.5, 0.6) is 11.5 Å². The number of hydrogen-bond acceptors (Lipinski definition) is 5. The summed E-state index contributed by atoms with van der Waals surface area (Å²) < 4.78 is 11.4. The van der Waals surface area contributed by atoms with Gasteiger partial charge in [-0.05, 0) is 49.1 Å². The average Bonchev–Trinajstić information content (AvgIpc) is 2.99. The molecule has 1 atom stereocenters. The Balaban J connectivity index is 0.00000131. The van der Waals surface area contributed by atoms with Crippen LogP contribution < -0.4 is 20.1 Å². The lowest BCUT2D eigenvalue weighted by molar-refractivity contribution is -0.126. The summed E-state index contributed by atoms with van der Waals surface area (Å²) >= 11 is 0. The summed E-state index contributed by atoms with van der Waals surface area (Å²) in [6.45, 7) is 8.88. The molecule has 1 aromatic rings. The maximum Gasteiger partial charge on any atom is 0.225 e. The molecule has 4 rings (SSSR count). The van der Waals surface area contributed by atoms with Crippen LogP contribution in [0.15, 0.2) is 12.1 Å². The van der Waals surface area contributed by atoms with Crippen LogP contribution in [0.3, 0.4) is 0 Å². The number of fused-ring (bicyclic) bond motifs is 1. The second-order valence-corrected chi connectivity index (χ2v) is 7.41. The van der Waals surface area contributed by atoms with E-state index in [1.54, 1.807) is 0 Å². The third-order valence-corrected chi connectivity index (χ3v) is 5.48. The fourth-order valence-corrected chi connectivity index (χ4v) is 3.73. The van der Waals surface area contributed by atoms with E-state index in [1.165, 1.54) is 11.1 Å². The quantitative estimate of drug-likeness (QED) is 0.763. The van der Waals surface area contributed by atoms with Crippen molar-refractivity contribution in [3.05, 3.63) is 23.3 Å². The van der Waals surface area contributed by atoms with Crippen LogP contribution >= 0.6 is 24.8 Å². The lowest BCUT2D eigenvalue weighted by Crippen LogP contribution is -2.51. The largest absolute Gasteiger partial charge is 0.486 e. The number of rotatable bonds is 5. The highest BCUT2D eigenvalue weighted by Gasteiger charge is 2.27. The van der Waals surface area contributed by atoms with Gasteiger partial charge in [-0.15, -0.1) is 24.8 Å². The van der Waals surface area contributed by atoms with E-state index >= 15 is 0 Å². The zero-order valence-electron chi connectivity index (χ0n) is 15.7. The molecular formula is C19H29Cl2N3O3. The Hall–Kier alpha value is -1.21. The molecule has 0 saturated carbocycles. The van der Waals surface area contributed by atoms with E-state index in [-0.39, 0.29) is 36.6 Å². The Morgan fingerprint density at radius 3 is 2.59 bits per heavy atom. The van der Waals surface area contributed by atoms with E-state index in [0.29, 0.717) is 19.1 Å². The molecule has 8 heteroatoms. The van der Waals surface area contributed by atoms with Crippen LogP contribution in [0.4, 0.5) is 0 Å². The highest BCUT2D eigenvalue weighted by molar-refractivity contribution is 5.85. The van der Waals surface area contributed by atoms with E-state index in [9.17, 15) is 4.79 Å². The van der Waals surface area contributed by atoms with Gasteiger partial charge in [0.2, 0.25) is 5.91 Å². The number of benzene rings is 1. The van der Waals surface area contributed by atoms with E-state index in [2.05, 4.69) is 34.6 Å². The first-order valence-electron chi connectivity index (χ1n) is 9.29. The van der Waals surface area contributed by atoms with Gasteiger partial charge < -0.3 is 20.1 Å². The molecule has 27 heavy (non-hydrogen) atoms. The molecule has 1 amide bonds. The van der Waals surface area contributed by atoms with Gasteiger partial charge in [0.1, 0.15) is 13.2 Å². The summed E-state index contributed by atoms with van der Waals surface area (Å²) in [7, 11) is 0. The van der Waals surface area contributed by atoms with Crippen molar-refractivity contribution in [1.82, 2.24) is 15.5 Å². The Kier molecular flexibility index (Phi) is 8.04. The minimum Gasteiger partial charge on any atom is -0.486 e. The number of nitrogens with zero attached hydrogens (tertiary/aromatic N) is 1. The first-order valence-corrected chi connectivity index (χ1v) is 9.29. The molecule has 152 valence electrons. The predicted molar refractivity (Wildman–Crippen MR) is 109 cm³/mol. The first-order chi connectivity index (χ1) is 12.2. The minimum absolute atomic E-state index is 0. The van der Waals surface area contributed by atoms with E-state index in [4.69, 9.17) is 9.47 Å². The van der Waals surface area contributed by atoms with Crippen LogP contribution in [-0.4, -0.2) is 56.7 Å². The molecule has 3 aliphatic heterocycles. The van der Waals surface area contributed by atoms with Crippen molar-refractivity contribution < 1.29 is 14.3 Å². The van der Waals surface area contributed by atoms with Gasteiger partial charge in [-0.1, -0.05) is 0 Å². The second kappa shape index (κ2) is 9.82. The molecule has 0 aliphatic carbocycles. The molecule has 1 aromatic carbocycles. The Morgan fingerprint density at radius 1 is 1.22 bits per heavy atom. The number of amides is 1. The monoisotopic (exact) mass is 417 g/mol. The van der Waals surface area contributed by atoms with Crippen molar-refractivity contribution >= 4 is 30.7 Å². The topological polar surface area (TPSA) is 62.8 Å². The number of likely N-dealkylation sites (tertiary alicyclic amines) is 1. The number of nitrogens with one attached hydrogen (secondary N) is 2. The summed E-state index contributed by atoms with van der Waals surface area (Å²) in [5.74, 6) is 2.66. The molecule has 2 saturated heterocycles. The van der Waals surface area contributed by atoms with Gasteiger partial charge in [-0.3, -0.25) is 9.69 Å². The van der Waals surface area contributed by atoms with Crippen molar-refractivity contribution in [3.63, 3.8) is 0 Å². The lowest BCUT2D eigenvalue weighted by Gasteiger charge is -2.26. The van der Waals surface area contributed by atoms with E-state index in [1.807, 2.05) is 0 Å². The van der Waals surface area contributed by atoms with Gasteiger partial charge >= 0.3 is 0 Å². The van der Waals surface area contributed by atoms with Gasteiger partial charge in [-0.2, -0.15) is 0 Å². The number of aryl methyl sites for hydroxylation is 1. The SMILES string of the molecule is Cc1cc2c(cc1CN1CCC(CNC(=O)C3CNC3)C1)OCCO2.Cl.Cl. The standard InChI is InChI=1S/C19H27N3O3.2ClH/c1-13-6-17-18(25-5-4-24-17)7-15(13)12-22-3-2-14(11-22)8-21-19(23)16-9-20-10-16;;/h6-7,14,16,20H,2-5,8-12H2,1H3,(H,21,23);2*1H. The highest BCUT2D eigenvalue weighted by atomic mass is 35.5. The molecule has 0 radical (unpaired) electrons. The van der Waals surface area contributed by atoms with Gasteiger partial charge in [0.25, 0.3) is 0 Å². The van der Waals surface area contributed by atoms with Crippen LogP contribution in [0.1, 0.15) is 17.5 Å². The summed E-state index contributed by atoms with van der Waals surface area (Å²) in [4.78, 5) is 14.4. The molecule has 3 heterocycles. The van der Waals surface area contributed by atoms with Crippen LogP contribution in [-0.2, 0) is 11.3 Å². The number of ether oxygens (including phenoxy) is 2. The summed E-state index contributed by atoms with van der Waals surface area (Å²) in [6.07, 6.45) is 1.15. The Labute approximate surface area is 173 Å².